The Kier molecular flexibility index (Phi) is 3.06. The van der Waals surface area contributed by atoms with Crippen molar-refractivity contribution < 1.29 is 4.74 Å². The molecule has 1 N–H and O–H groups in total. The van der Waals surface area contributed by atoms with Crippen molar-refractivity contribution in [2.24, 2.45) is 0 Å². The van der Waals surface area contributed by atoms with Crippen molar-refractivity contribution in [3.05, 3.63) is 34.9 Å². The summed E-state index contributed by atoms with van der Waals surface area (Å²) in [5.74, 6) is 0. The highest BCUT2D eigenvalue weighted by atomic mass is 35.5. The molecule has 2 nitrogen and oxygen atoms in total. The summed E-state index contributed by atoms with van der Waals surface area (Å²) in [5.41, 5.74) is 1.24. The van der Waals surface area contributed by atoms with E-state index in [1.54, 1.807) is 0 Å². The molecule has 0 radical (unpaired) electrons. The summed E-state index contributed by atoms with van der Waals surface area (Å²) in [6, 6.07) is 8.22. The second-order valence-electron chi connectivity index (χ2n) is 3.66. The fourth-order valence-electron chi connectivity index (χ4n) is 1.60. The predicted molar refractivity (Wildman–Crippen MR) is 57.6 cm³/mol. The van der Waals surface area contributed by atoms with E-state index in [1.165, 1.54) is 5.56 Å². The first-order chi connectivity index (χ1) is 6.75. The molecule has 0 aliphatic carbocycles. The van der Waals surface area contributed by atoms with Gasteiger partial charge in [-0.15, -0.1) is 0 Å². The molecular weight excluding hydrogens is 198 g/mol. The van der Waals surface area contributed by atoms with E-state index >= 15 is 0 Å². The lowest BCUT2D eigenvalue weighted by atomic mass is 10.1. The van der Waals surface area contributed by atoms with Crippen LogP contribution < -0.4 is 5.32 Å². The van der Waals surface area contributed by atoms with Crippen molar-refractivity contribution in [1.82, 2.24) is 5.32 Å². The van der Waals surface area contributed by atoms with Gasteiger partial charge in [0.15, 0.2) is 0 Å². The van der Waals surface area contributed by atoms with Crippen LogP contribution in [0.3, 0.4) is 0 Å². The Morgan fingerprint density at radius 2 is 2.07 bits per heavy atom. The van der Waals surface area contributed by atoms with Crippen molar-refractivity contribution in [2.75, 3.05) is 13.2 Å². The fourth-order valence-corrected chi connectivity index (χ4v) is 1.72. The number of benzene rings is 1. The molecule has 0 aromatic heterocycles. The van der Waals surface area contributed by atoms with Gasteiger partial charge in [0.25, 0.3) is 0 Å². The maximum atomic E-state index is 5.82. The van der Waals surface area contributed by atoms with Gasteiger partial charge in [0.05, 0.1) is 18.8 Å². The van der Waals surface area contributed by atoms with Crippen LogP contribution in [-0.2, 0) is 4.74 Å². The first-order valence-electron chi connectivity index (χ1n) is 4.86. The monoisotopic (exact) mass is 211 g/mol. The topological polar surface area (TPSA) is 21.3 Å². The van der Waals surface area contributed by atoms with Gasteiger partial charge in [-0.05, 0) is 24.6 Å². The Bertz CT molecular complexity index is 291. The van der Waals surface area contributed by atoms with Crippen molar-refractivity contribution >= 4 is 11.6 Å². The quantitative estimate of drug-likeness (QED) is 0.770. The highest BCUT2D eigenvalue weighted by Gasteiger charge is 2.18. The van der Waals surface area contributed by atoms with E-state index in [9.17, 15) is 0 Å². The van der Waals surface area contributed by atoms with Crippen LogP contribution >= 0.6 is 11.6 Å². The van der Waals surface area contributed by atoms with Gasteiger partial charge in [0, 0.05) is 11.6 Å². The minimum Gasteiger partial charge on any atom is -0.375 e. The minimum atomic E-state index is 0.309. The Hall–Kier alpha value is -0.570. The number of nitrogens with one attached hydrogen (secondary N) is 1. The second-order valence-corrected chi connectivity index (χ2v) is 4.09. The highest BCUT2D eigenvalue weighted by molar-refractivity contribution is 6.30. The lowest BCUT2D eigenvalue weighted by Gasteiger charge is -2.28. The van der Waals surface area contributed by atoms with Gasteiger partial charge >= 0.3 is 0 Å². The Labute approximate surface area is 89.2 Å². The van der Waals surface area contributed by atoms with E-state index in [0.29, 0.717) is 12.1 Å². The number of hydrogen-bond donors (Lipinski definition) is 1. The van der Waals surface area contributed by atoms with Crippen LogP contribution in [-0.4, -0.2) is 19.3 Å². The molecule has 0 saturated carbocycles. The summed E-state index contributed by atoms with van der Waals surface area (Å²) in [7, 11) is 0. The van der Waals surface area contributed by atoms with Crippen molar-refractivity contribution in [2.45, 2.75) is 19.1 Å². The largest absolute Gasteiger partial charge is 0.375 e. The molecule has 2 atom stereocenters. The SMILES string of the molecule is CC1CNC(c2ccc(Cl)cc2)CO1. The van der Waals surface area contributed by atoms with E-state index < -0.39 is 0 Å². The molecule has 3 heteroatoms. The number of rotatable bonds is 1. The van der Waals surface area contributed by atoms with Crippen molar-refractivity contribution in [3.63, 3.8) is 0 Å². The second kappa shape index (κ2) is 4.30. The average molecular weight is 212 g/mol. The molecule has 1 fully saturated rings. The Morgan fingerprint density at radius 1 is 1.36 bits per heavy atom. The standard InChI is InChI=1S/C11H14ClNO/c1-8-6-13-11(7-14-8)9-2-4-10(12)5-3-9/h2-5,8,11,13H,6-7H2,1H3. The third kappa shape index (κ3) is 2.27. The van der Waals surface area contributed by atoms with Gasteiger partial charge in [-0.2, -0.15) is 0 Å². The zero-order valence-electron chi connectivity index (χ0n) is 8.16. The number of halogens is 1. The maximum Gasteiger partial charge on any atom is 0.0672 e. The zero-order valence-corrected chi connectivity index (χ0v) is 8.92. The Morgan fingerprint density at radius 3 is 2.64 bits per heavy atom. The Balaban J connectivity index is 2.05. The predicted octanol–water partition coefficient (Wildman–Crippen LogP) is 2.39. The summed E-state index contributed by atoms with van der Waals surface area (Å²) < 4.78 is 5.58. The molecule has 0 bridgehead atoms. The first-order valence-corrected chi connectivity index (χ1v) is 5.24. The maximum absolute atomic E-state index is 5.82. The van der Waals surface area contributed by atoms with Gasteiger partial charge < -0.3 is 10.1 Å². The van der Waals surface area contributed by atoms with Gasteiger partial charge in [0.2, 0.25) is 0 Å². The highest BCUT2D eigenvalue weighted by Crippen LogP contribution is 2.19. The van der Waals surface area contributed by atoms with Crippen molar-refractivity contribution in [1.29, 1.82) is 0 Å². The first kappa shape index (κ1) is 9.97. The van der Waals surface area contributed by atoms with Crippen LogP contribution in [0.15, 0.2) is 24.3 Å². The van der Waals surface area contributed by atoms with Crippen LogP contribution in [0.4, 0.5) is 0 Å². The molecule has 1 aliphatic rings. The smallest absolute Gasteiger partial charge is 0.0672 e. The van der Waals surface area contributed by atoms with Crippen LogP contribution in [0, 0.1) is 0 Å². The molecule has 2 unspecified atom stereocenters. The van der Waals surface area contributed by atoms with Gasteiger partial charge in [-0.3, -0.25) is 0 Å². The number of ether oxygens (including phenoxy) is 1. The van der Waals surface area contributed by atoms with Crippen LogP contribution in [0.25, 0.3) is 0 Å². The lowest BCUT2D eigenvalue weighted by Crippen LogP contribution is -2.39. The third-order valence-corrected chi connectivity index (χ3v) is 2.72. The van der Waals surface area contributed by atoms with Gasteiger partial charge in [-0.1, -0.05) is 23.7 Å². The zero-order chi connectivity index (χ0) is 9.97. The summed E-state index contributed by atoms with van der Waals surface area (Å²) in [6.45, 7) is 3.72. The van der Waals surface area contributed by atoms with Crippen molar-refractivity contribution in [3.8, 4) is 0 Å². The molecule has 76 valence electrons. The minimum absolute atomic E-state index is 0.309. The number of hydrogen-bond acceptors (Lipinski definition) is 2. The molecule has 14 heavy (non-hydrogen) atoms. The molecule has 1 saturated heterocycles. The molecule has 0 spiro atoms. The summed E-state index contributed by atoms with van der Waals surface area (Å²) in [4.78, 5) is 0. The van der Waals surface area contributed by atoms with Gasteiger partial charge in [0.1, 0.15) is 0 Å². The average Bonchev–Trinajstić information content (AvgIpc) is 2.21. The van der Waals surface area contributed by atoms with E-state index in [-0.39, 0.29) is 0 Å². The van der Waals surface area contributed by atoms with E-state index in [4.69, 9.17) is 16.3 Å². The normalized spacial score (nSPS) is 27.6. The molecule has 1 aliphatic heterocycles. The van der Waals surface area contributed by atoms with Crippen LogP contribution in [0.1, 0.15) is 18.5 Å². The molecular formula is C11H14ClNO. The fraction of sp³-hybridized carbons (Fsp3) is 0.455. The summed E-state index contributed by atoms with van der Waals surface area (Å²) in [6.07, 6.45) is 0.318. The summed E-state index contributed by atoms with van der Waals surface area (Å²) >= 11 is 5.82. The van der Waals surface area contributed by atoms with Crippen LogP contribution in [0.2, 0.25) is 5.02 Å². The van der Waals surface area contributed by atoms with E-state index in [1.807, 2.05) is 24.3 Å². The molecule has 1 aromatic carbocycles. The molecule has 2 rings (SSSR count). The van der Waals surface area contributed by atoms with E-state index in [0.717, 1.165) is 18.2 Å². The van der Waals surface area contributed by atoms with Crippen LogP contribution in [0.5, 0.6) is 0 Å². The molecule has 0 amide bonds. The molecule has 1 aromatic rings. The summed E-state index contributed by atoms with van der Waals surface area (Å²) in [5, 5.41) is 4.21. The third-order valence-electron chi connectivity index (χ3n) is 2.47. The molecule has 1 heterocycles. The number of morpholine rings is 1. The van der Waals surface area contributed by atoms with Gasteiger partial charge in [-0.25, -0.2) is 0 Å². The van der Waals surface area contributed by atoms with E-state index in [2.05, 4.69) is 12.2 Å². The lowest BCUT2D eigenvalue weighted by molar-refractivity contribution is 0.0149.